The van der Waals surface area contributed by atoms with Gasteiger partial charge in [-0.3, -0.25) is 0 Å². The van der Waals surface area contributed by atoms with E-state index in [2.05, 4.69) is 21.1 Å². The third-order valence-corrected chi connectivity index (χ3v) is 3.94. The van der Waals surface area contributed by atoms with Crippen molar-refractivity contribution in [2.45, 2.75) is 6.61 Å². The van der Waals surface area contributed by atoms with Crippen LogP contribution in [0.25, 0.3) is 22.6 Å². The van der Waals surface area contributed by atoms with Gasteiger partial charge >= 0.3 is 0 Å². The molecule has 1 aromatic heterocycles. The Labute approximate surface area is 129 Å². The van der Waals surface area contributed by atoms with Crippen LogP contribution in [0.4, 0.5) is 0 Å². The summed E-state index contributed by atoms with van der Waals surface area (Å²) < 4.78 is 6.15. The summed E-state index contributed by atoms with van der Waals surface area (Å²) in [6.45, 7) is -0.0274. The Morgan fingerprint density at radius 3 is 2.62 bits per heavy atom. The van der Waals surface area contributed by atoms with Crippen molar-refractivity contribution in [2.75, 3.05) is 0 Å². The van der Waals surface area contributed by atoms with E-state index in [0.29, 0.717) is 17.0 Å². The Morgan fingerprint density at radius 2 is 1.90 bits per heavy atom. The number of nitrogens with zero attached hydrogens (tertiary/aromatic N) is 1. The van der Waals surface area contributed by atoms with E-state index in [0.717, 1.165) is 15.6 Å². The molecule has 0 atom stereocenters. The van der Waals surface area contributed by atoms with Gasteiger partial charge in [-0.05, 0) is 23.8 Å². The van der Waals surface area contributed by atoms with E-state index < -0.39 is 0 Å². The van der Waals surface area contributed by atoms with Crippen LogP contribution in [0.1, 0.15) is 5.56 Å². The van der Waals surface area contributed by atoms with Gasteiger partial charge in [-0.15, -0.1) is 0 Å². The number of hydrogen-bond acceptors (Lipinski definition) is 4. The molecule has 106 valence electrons. The lowest BCUT2D eigenvalue weighted by atomic mass is 10.1. The summed E-state index contributed by atoms with van der Waals surface area (Å²) in [5.41, 5.74) is 2.84. The van der Waals surface area contributed by atoms with Gasteiger partial charge in [0.05, 0.1) is 6.61 Å². The second-order valence-electron chi connectivity index (χ2n) is 4.56. The lowest BCUT2D eigenvalue weighted by Gasteiger charge is -2.02. The van der Waals surface area contributed by atoms with Crippen LogP contribution >= 0.6 is 15.9 Å². The number of para-hydroxylation sites is 1. The number of aliphatic hydroxyl groups excluding tert-OH is 1. The van der Waals surface area contributed by atoms with Crippen LogP contribution in [-0.2, 0) is 6.61 Å². The predicted octanol–water partition coefficient (Wildman–Crippen LogP) is 3.97. The maximum absolute atomic E-state index is 9.84. The van der Waals surface area contributed by atoms with Crippen molar-refractivity contribution in [2.24, 2.45) is 0 Å². The average molecular weight is 346 g/mol. The normalized spacial score (nSPS) is 10.8. The first kappa shape index (κ1) is 13.9. The van der Waals surface area contributed by atoms with Crippen molar-refractivity contribution < 1.29 is 14.7 Å². The molecule has 0 fully saturated rings. The van der Waals surface area contributed by atoms with Gasteiger partial charge in [0.1, 0.15) is 11.4 Å². The van der Waals surface area contributed by atoms with Gasteiger partial charge in [0.2, 0.25) is 0 Å². The van der Waals surface area contributed by atoms with E-state index in [1.807, 2.05) is 24.3 Å². The first-order valence-electron chi connectivity index (χ1n) is 6.34. The highest BCUT2D eigenvalue weighted by atomic mass is 79.9. The molecule has 0 unspecified atom stereocenters. The number of aliphatic hydroxyl groups is 1. The molecule has 21 heavy (non-hydrogen) atoms. The van der Waals surface area contributed by atoms with E-state index in [1.165, 1.54) is 0 Å². The standard InChI is InChI=1S/C16H12BrNO3/c17-13-7-10(5-6-11(13)9-19)16-8-14(18-21-16)12-3-1-2-4-15(12)20/h1-8,19-20H,9H2. The lowest BCUT2D eigenvalue weighted by Crippen LogP contribution is -1.85. The summed E-state index contributed by atoms with van der Waals surface area (Å²) in [5.74, 6) is 0.757. The summed E-state index contributed by atoms with van der Waals surface area (Å²) in [4.78, 5) is 0. The third kappa shape index (κ3) is 2.70. The highest BCUT2D eigenvalue weighted by Gasteiger charge is 2.12. The Kier molecular flexibility index (Phi) is 3.77. The molecule has 5 heteroatoms. The van der Waals surface area contributed by atoms with Gasteiger partial charge in [0.25, 0.3) is 0 Å². The molecule has 0 radical (unpaired) electrons. The van der Waals surface area contributed by atoms with Crippen LogP contribution in [0.15, 0.2) is 57.5 Å². The fourth-order valence-electron chi connectivity index (χ4n) is 2.06. The van der Waals surface area contributed by atoms with Crippen LogP contribution in [-0.4, -0.2) is 15.4 Å². The molecular formula is C16H12BrNO3. The van der Waals surface area contributed by atoms with Gasteiger partial charge in [0.15, 0.2) is 5.76 Å². The quantitative estimate of drug-likeness (QED) is 0.753. The topological polar surface area (TPSA) is 66.5 Å². The second kappa shape index (κ2) is 5.71. The molecular weight excluding hydrogens is 334 g/mol. The molecule has 0 aliphatic heterocycles. The fourth-order valence-corrected chi connectivity index (χ4v) is 2.56. The minimum Gasteiger partial charge on any atom is -0.507 e. The van der Waals surface area contributed by atoms with E-state index in [1.54, 1.807) is 24.3 Å². The number of phenolic OH excluding ortho intramolecular Hbond substituents is 1. The maximum atomic E-state index is 9.84. The van der Waals surface area contributed by atoms with Crippen molar-refractivity contribution in [3.05, 3.63) is 58.6 Å². The highest BCUT2D eigenvalue weighted by molar-refractivity contribution is 9.10. The van der Waals surface area contributed by atoms with E-state index >= 15 is 0 Å². The number of phenols is 1. The molecule has 2 aromatic carbocycles. The molecule has 1 heterocycles. The zero-order valence-electron chi connectivity index (χ0n) is 11.0. The van der Waals surface area contributed by atoms with Gasteiger partial charge in [-0.2, -0.15) is 0 Å². The summed E-state index contributed by atoms with van der Waals surface area (Å²) in [7, 11) is 0. The van der Waals surface area contributed by atoms with Crippen molar-refractivity contribution >= 4 is 15.9 Å². The SMILES string of the molecule is OCc1ccc(-c2cc(-c3ccccc3O)no2)cc1Br. The smallest absolute Gasteiger partial charge is 0.167 e. The summed E-state index contributed by atoms with van der Waals surface area (Å²) in [6.07, 6.45) is 0. The first-order valence-corrected chi connectivity index (χ1v) is 7.13. The summed E-state index contributed by atoms with van der Waals surface area (Å²) in [6, 6.07) is 14.3. The Bertz CT molecular complexity index is 783. The zero-order valence-corrected chi connectivity index (χ0v) is 12.5. The van der Waals surface area contributed by atoms with Gasteiger partial charge < -0.3 is 14.7 Å². The number of hydrogen-bond donors (Lipinski definition) is 2. The number of rotatable bonds is 3. The van der Waals surface area contributed by atoms with Crippen LogP contribution in [0, 0.1) is 0 Å². The number of aromatic hydroxyl groups is 1. The molecule has 3 rings (SSSR count). The number of halogens is 1. The zero-order chi connectivity index (χ0) is 14.8. The number of benzene rings is 2. The molecule has 0 saturated heterocycles. The molecule has 0 amide bonds. The molecule has 0 aliphatic rings. The fraction of sp³-hybridized carbons (Fsp3) is 0.0625. The van der Waals surface area contributed by atoms with Gasteiger partial charge in [0, 0.05) is 21.7 Å². The van der Waals surface area contributed by atoms with Crippen molar-refractivity contribution in [3.8, 4) is 28.3 Å². The van der Waals surface area contributed by atoms with Crippen molar-refractivity contribution in [3.63, 3.8) is 0 Å². The monoisotopic (exact) mass is 345 g/mol. The molecule has 0 aliphatic carbocycles. The first-order chi connectivity index (χ1) is 10.2. The molecule has 0 bridgehead atoms. The molecule has 2 N–H and O–H groups in total. The Morgan fingerprint density at radius 1 is 1.10 bits per heavy atom. The minimum absolute atomic E-state index is 0.0274. The van der Waals surface area contributed by atoms with Crippen molar-refractivity contribution in [1.82, 2.24) is 5.16 Å². The second-order valence-corrected chi connectivity index (χ2v) is 5.41. The largest absolute Gasteiger partial charge is 0.507 e. The van der Waals surface area contributed by atoms with Crippen LogP contribution in [0.5, 0.6) is 5.75 Å². The van der Waals surface area contributed by atoms with Gasteiger partial charge in [-0.1, -0.05) is 45.4 Å². The van der Waals surface area contributed by atoms with Crippen molar-refractivity contribution in [1.29, 1.82) is 0 Å². The Balaban J connectivity index is 1.99. The molecule has 3 aromatic rings. The average Bonchev–Trinajstić information content (AvgIpc) is 2.97. The maximum Gasteiger partial charge on any atom is 0.167 e. The van der Waals surface area contributed by atoms with E-state index in [9.17, 15) is 5.11 Å². The number of aromatic nitrogens is 1. The van der Waals surface area contributed by atoms with Gasteiger partial charge in [-0.25, -0.2) is 0 Å². The van der Waals surface area contributed by atoms with Crippen LogP contribution in [0.2, 0.25) is 0 Å². The highest BCUT2D eigenvalue weighted by Crippen LogP contribution is 2.32. The van der Waals surface area contributed by atoms with E-state index in [4.69, 9.17) is 9.63 Å². The van der Waals surface area contributed by atoms with Crippen LogP contribution in [0.3, 0.4) is 0 Å². The molecule has 4 nitrogen and oxygen atoms in total. The lowest BCUT2D eigenvalue weighted by molar-refractivity contribution is 0.281. The Hall–Kier alpha value is -2.11. The minimum atomic E-state index is -0.0274. The third-order valence-electron chi connectivity index (χ3n) is 3.20. The molecule has 0 spiro atoms. The van der Waals surface area contributed by atoms with E-state index in [-0.39, 0.29) is 12.4 Å². The summed E-state index contributed by atoms with van der Waals surface area (Å²) in [5, 5.41) is 23.0. The summed E-state index contributed by atoms with van der Waals surface area (Å²) >= 11 is 3.41. The molecule has 0 saturated carbocycles. The predicted molar refractivity (Wildman–Crippen MR) is 82.7 cm³/mol. The van der Waals surface area contributed by atoms with Crippen LogP contribution < -0.4 is 0 Å².